The lowest BCUT2D eigenvalue weighted by Crippen LogP contribution is -2.53. The van der Waals surface area contributed by atoms with E-state index < -0.39 is 18.3 Å². The molecule has 0 bridgehead atoms. The van der Waals surface area contributed by atoms with Crippen molar-refractivity contribution in [2.75, 3.05) is 6.54 Å². The lowest BCUT2D eigenvalue weighted by Gasteiger charge is -2.35. The van der Waals surface area contributed by atoms with Crippen LogP contribution < -0.4 is 5.32 Å². The van der Waals surface area contributed by atoms with Gasteiger partial charge in [-0.2, -0.15) is 0 Å². The summed E-state index contributed by atoms with van der Waals surface area (Å²) in [5.74, 6) is 0. The van der Waals surface area contributed by atoms with Crippen molar-refractivity contribution in [2.24, 2.45) is 0 Å². The average Bonchev–Trinajstić information content (AvgIpc) is 2.75. The van der Waals surface area contributed by atoms with Crippen molar-refractivity contribution >= 4 is 0 Å². The quantitative estimate of drug-likeness (QED) is 0.160. The molecule has 4 N–H and O–H groups in total. The Morgan fingerprint density at radius 1 is 0.633 bits per heavy atom. The number of hydrogen-bond donors (Lipinski definition) is 4. The Kier molecular flexibility index (Phi) is 16.7. The third kappa shape index (κ3) is 11.8. The lowest BCUT2D eigenvalue weighted by atomic mass is 9.87. The Bertz CT molecular complexity index is 427. The summed E-state index contributed by atoms with van der Waals surface area (Å²) in [5, 5.41) is 33.4. The molecule has 0 aromatic rings. The smallest absolute Gasteiger partial charge is 0.111 e. The second-order valence-electron chi connectivity index (χ2n) is 9.30. The Morgan fingerprint density at radius 3 is 1.50 bits per heavy atom. The van der Waals surface area contributed by atoms with Gasteiger partial charge in [0.2, 0.25) is 0 Å². The van der Waals surface area contributed by atoms with Crippen molar-refractivity contribution in [3.63, 3.8) is 0 Å². The first kappa shape index (κ1) is 27.6. The van der Waals surface area contributed by atoms with Gasteiger partial charge in [0.15, 0.2) is 0 Å². The summed E-state index contributed by atoms with van der Waals surface area (Å²) in [5.41, 5.74) is 0.817. The fourth-order valence-corrected chi connectivity index (χ4v) is 4.49. The molecule has 2 unspecified atom stereocenters. The van der Waals surface area contributed by atoms with Gasteiger partial charge >= 0.3 is 0 Å². The van der Waals surface area contributed by atoms with E-state index in [4.69, 9.17) is 0 Å². The molecule has 0 saturated carbocycles. The number of hydrogen-bond acceptors (Lipinski definition) is 4. The summed E-state index contributed by atoms with van der Waals surface area (Å²) >= 11 is 0. The maximum absolute atomic E-state index is 10.1. The summed E-state index contributed by atoms with van der Waals surface area (Å²) in [4.78, 5) is 0. The average molecular weight is 426 g/mol. The van der Waals surface area contributed by atoms with Gasteiger partial charge in [0, 0.05) is 0 Å². The van der Waals surface area contributed by atoms with Gasteiger partial charge in [-0.1, -0.05) is 116 Å². The number of nitrogens with one attached hydrogen (secondary N) is 1. The van der Waals surface area contributed by atoms with Crippen LogP contribution in [0.25, 0.3) is 0 Å². The van der Waals surface area contributed by atoms with E-state index in [0.29, 0.717) is 6.42 Å². The lowest BCUT2D eigenvalue weighted by molar-refractivity contribution is -0.0621. The fourth-order valence-electron chi connectivity index (χ4n) is 4.49. The predicted molar refractivity (Wildman–Crippen MR) is 128 cm³/mol. The first-order valence-electron chi connectivity index (χ1n) is 13.1. The first-order chi connectivity index (χ1) is 14.6. The number of aliphatic hydroxyl groups excluding tert-OH is 3. The van der Waals surface area contributed by atoms with E-state index in [9.17, 15) is 15.3 Å². The highest BCUT2D eigenvalue weighted by Gasteiger charge is 2.36. The minimum atomic E-state index is -1.09. The van der Waals surface area contributed by atoms with E-state index in [0.717, 1.165) is 18.5 Å². The van der Waals surface area contributed by atoms with Gasteiger partial charge in [-0.3, -0.25) is 0 Å². The number of rotatable bonds is 19. The molecule has 1 aliphatic carbocycles. The summed E-state index contributed by atoms with van der Waals surface area (Å²) in [7, 11) is 0. The Morgan fingerprint density at radius 2 is 1.07 bits per heavy atom. The molecule has 30 heavy (non-hydrogen) atoms. The molecule has 4 heteroatoms. The second-order valence-corrected chi connectivity index (χ2v) is 9.30. The zero-order valence-electron chi connectivity index (χ0n) is 20.0. The molecule has 1 rings (SSSR count). The van der Waals surface area contributed by atoms with Crippen molar-refractivity contribution in [3.8, 4) is 0 Å². The molecule has 0 aliphatic heterocycles. The van der Waals surface area contributed by atoms with E-state index in [1.54, 1.807) is 0 Å². The molecule has 4 atom stereocenters. The summed E-state index contributed by atoms with van der Waals surface area (Å²) in [6.45, 7) is 5.09. The summed E-state index contributed by atoms with van der Waals surface area (Å²) in [6.07, 6.45) is 21.5. The number of unbranched alkanes of at least 4 members (excludes halogenated alkanes) is 15. The van der Waals surface area contributed by atoms with Crippen molar-refractivity contribution in [1.82, 2.24) is 5.32 Å². The Labute approximate surface area is 186 Å². The topological polar surface area (TPSA) is 72.7 Å². The molecule has 0 heterocycles. The van der Waals surface area contributed by atoms with E-state index >= 15 is 0 Å². The zero-order valence-corrected chi connectivity index (χ0v) is 20.0. The van der Waals surface area contributed by atoms with Crippen LogP contribution in [-0.2, 0) is 0 Å². The van der Waals surface area contributed by atoms with Crippen LogP contribution in [0.5, 0.6) is 0 Å². The fraction of sp³-hybridized carbons (Fsp3) is 0.923. The standard InChI is InChI=1S/C26H51NO3/c1-3-5-6-7-8-9-10-11-12-13-14-15-16-17-18-19-20-27-23-21-22(4-2)24(28)26(30)25(23)29/h21,23-30H,3-20H2,1-2H3/t23-,24?,25?,26+/m1/s1. The highest BCUT2D eigenvalue weighted by atomic mass is 16.4. The molecule has 178 valence electrons. The molecule has 0 aromatic carbocycles. The summed E-state index contributed by atoms with van der Waals surface area (Å²) in [6, 6.07) is -0.255. The van der Waals surface area contributed by atoms with Crippen LogP contribution in [0.4, 0.5) is 0 Å². The minimum Gasteiger partial charge on any atom is -0.388 e. The minimum absolute atomic E-state index is 0.255. The van der Waals surface area contributed by atoms with Crippen LogP contribution in [0.3, 0.4) is 0 Å². The highest BCUT2D eigenvalue weighted by Crippen LogP contribution is 2.22. The molecule has 0 radical (unpaired) electrons. The van der Waals surface area contributed by atoms with Gasteiger partial charge < -0.3 is 20.6 Å². The second kappa shape index (κ2) is 18.2. The molecule has 0 spiro atoms. The van der Waals surface area contributed by atoms with Crippen LogP contribution in [-0.4, -0.2) is 46.2 Å². The molecular weight excluding hydrogens is 374 g/mol. The molecule has 0 amide bonds. The molecular formula is C26H51NO3. The van der Waals surface area contributed by atoms with Crippen molar-refractivity contribution < 1.29 is 15.3 Å². The van der Waals surface area contributed by atoms with Gasteiger partial charge in [0.25, 0.3) is 0 Å². The third-order valence-electron chi connectivity index (χ3n) is 6.63. The molecule has 4 nitrogen and oxygen atoms in total. The van der Waals surface area contributed by atoms with Gasteiger partial charge in [0.05, 0.1) is 6.04 Å². The maximum atomic E-state index is 10.1. The third-order valence-corrected chi connectivity index (χ3v) is 6.63. The van der Waals surface area contributed by atoms with Crippen molar-refractivity contribution in [3.05, 3.63) is 11.6 Å². The van der Waals surface area contributed by atoms with E-state index in [1.165, 1.54) is 96.3 Å². The van der Waals surface area contributed by atoms with Gasteiger partial charge in [-0.15, -0.1) is 0 Å². The Balaban J connectivity index is 1.88. The number of aliphatic hydroxyl groups is 3. The van der Waals surface area contributed by atoms with Crippen molar-refractivity contribution in [1.29, 1.82) is 0 Å². The van der Waals surface area contributed by atoms with Crippen LogP contribution in [0, 0.1) is 0 Å². The molecule has 0 fully saturated rings. The van der Waals surface area contributed by atoms with E-state index in [2.05, 4.69) is 12.2 Å². The zero-order chi connectivity index (χ0) is 22.0. The van der Waals surface area contributed by atoms with Crippen LogP contribution in [0.2, 0.25) is 0 Å². The Hall–Kier alpha value is -0.420. The van der Waals surface area contributed by atoms with E-state index in [1.807, 2.05) is 13.0 Å². The molecule has 0 aromatic heterocycles. The largest absolute Gasteiger partial charge is 0.388 e. The van der Waals surface area contributed by atoms with Crippen molar-refractivity contribution in [2.45, 2.75) is 147 Å². The highest BCUT2D eigenvalue weighted by molar-refractivity contribution is 5.21. The first-order valence-corrected chi connectivity index (χ1v) is 13.1. The molecule has 0 saturated heterocycles. The van der Waals surface area contributed by atoms with Crippen LogP contribution in [0.1, 0.15) is 123 Å². The SMILES string of the molecule is CCCCCCCCCCCCCCCCCCN[C@@H]1C=C(CC)C(O)[C@H](O)C1O. The van der Waals surface area contributed by atoms with Crippen LogP contribution in [0.15, 0.2) is 11.6 Å². The van der Waals surface area contributed by atoms with Gasteiger partial charge in [-0.05, 0) is 25.0 Å². The van der Waals surface area contributed by atoms with Crippen LogP contribution >= 0.6 is 0 Å². The molecule has 1 aliphatic rings. The normalized spacial score (nSPS) is 24.2. The van der Waals surface area contributed by atoms with Gasteiger partial charge in [0.1, 0.15) is 18.3 Å². The maximum Gasteiger partial charge on any atom is 0.111 e. The monoisotopic (exact) mass is 425 g/mol. The predicted octanol–water partition coefficient (Wildman–Crippen LogP) is 5.64. The van der Waals surface area contributed by atoms with Gasteiger partial charge in [-0.25, -0.2) is 0 Å². The summed E-state index contributed by atoms with van der Waals surface area (Å²) < 4.78 is 0. The van der Waals surface area contributed by atoms with E-state index in [-0.39, 0.29) is 6.04 Å².